The van der Waals surface area contributed by atoms with Crippen LogP contribution in [0.1, 0.15) is 39.5 Å². The van der Waals surface area contributed by atoms with Crippen LogP contribution in [0.3, 0.4) is 0 Å². The van der Waals surface area contributed by atoms with Crippen LogP contribution in [0.25, 0.3) is 0 Å². The van der Waals surface area contributed by atoms with Gasteiger partial charge in [0, 0.05) is 18.3 Å². The highest BCUT2D eigenvalue weighted by molar-refractivity contribution is 7.80. The minimum atomic E-state index is -0.505. The second-order valence-corrected chi connectivity index (χ2v) is 5.69. The fourth-order valence-corrected chi connectivity index (χ4v) is 2.34. The van der Waals surface area contributed by atoms with Crippen molar-refractivity contribution in [1.29, 1.82) is 0 Å². The quantitative estimate of drug-likeness (QED) is 0.292. The maximum atomic E-state index is 10.9. The Balaban J connectivity index is 2.54. The summed E-state index contributed by atoms with van der Waals surface area (Å²) in [5.41, 5.74) is 6.14. The first-order valence-corrected chi connectivity index (χ1v) is 7.97. The number of nitrogens with zero attached hydrogens (tertiary/aromatic N) is 1. The third-order valence-electron chi connectivity index (χ3n) is 3.58. The topological polar surface area (TPSA) is 93.2 Å². The summed E-state index contributed by atoms with van der Waals surface area (Å²) in [7, 11) is 0. The van der Waals surface area contributed by atoms with Gasteiger partial charge in [0.25, 0.3) is 5.69 Å². The number of hydrogen-bond acceptors (Lipinski definition) is 4. The molecular weight excluding hydrogens is 300 g/mol. The van der Waals surface area contributed by atoms with Gasteiger partial charge in [-0.05, 0) is 36.7 Å². The highest BCUT2D eigenvalue weighted by Crippen LogP contribution is 2.24. The minimum Gasteiger partial charge on any atom is -0.393 e. The standard InChI is InChI=1S/C15H24N4O2S/c1-3-5-6-11(4-2)10-17-15(22)18-12-7-8-13(16)14(9-12)19(20)21/h7-9,11H,3-6,10,16H2,1-2H3,(H2,17,18,22)/t11-/m0/s1. The van der Waals surface area contributed by atoms with Crippen LogP contribution in [0.4, 0.5) is 17.1 Å². The Morgan fingerprint density at radius 2 is 2.18 bits per heavy atom. The van der Waals surface area contributed by atoms with Crippen LogP contribution in [-0.4, -0.2) is 16.6 Å². The molecule has 0 bridgehead atoms. The zero-order valence-corrected chi connectivity index (χ0v) is 13.9. The van der Waals surface area contributed by atoms with Gasteiger partial charge in [-0.1, -0.05) is 33.1 Å². The number of nitrogens with one attached hydrogen (secondary N) is 2. The van der Waals surface area contributed by atoms with Crippen molar-refractivity contribution in [1.82, 2.24) is 5.32 Å². The molecule has 0 radical (unpaired) electrons. The monoisotopic (exact) mass is 324 g/mol. The molecule has 0 aliphatic heterocycles. The summed E-state index contributed by atoms with van der Waals surface area (Å²) < 4.78 is 0. The highest BCUT2D eigenvalue weighted by Gasteiger charge is 2.12. The van der Waals surface area contributed by atoms with E-state index in [0.29, 0.717) is 16.7 Å². The summed E-state index contributed by atoms with van der Waals surface area (Å²) in [6.07, 6.45) is 4.68. The van der Waals surface area contributed by atoms with E-state index in [1.165, 1.54) is 31.4 Å². The van der Waals surface area contributed by atoms with Crippen molar-refractivity contribution in [2.45, 2.75) is 39.5 Å². The largest absolute Gasteiger partial charge is 0.393 e. The smallest absolute Gasteiger partial charge is 0.294 e. The molecule has 4 N–H and O–H groups in total. The van der Waals surface area contributed by atoms with Gasteiger partial charge in [-0.25, -0.2) is 0 Å². The van der Waals surface area contributed by atoms with Crippen LogP contribution in [0, 0.1) is 16.0 Å². The van der Waals surface area contributed by atoms with E-state index in [-0.39, 0.29) is 11.4 Å². The fourth-order valence-electron chi connectivity index (χ4n) is 2.14. The maximum Gasteiger partial charge on any atom is 0.294 e. The molecular formula is C15H24N4O2S. The number of rotatable bonds is 8. The van der Waals surface area contributed by atoms with Gasteiger partial charge in [0.1, 0.15) is 5.69 Å². The number of hydrogen-bond donors (Lipinski definition) is 3. The van der Waals surface area contributed by atoms with Crippen molar-refractivity contribution < 1.29 is 4.92 Å². The Kier molecular flexibility index (Phi) is 7.59. The molecule has 0 aromatic heterocycles. The van der Waals surface area contributed by atoms with Gasteiger partial charge in [-0.15, -0.1) is 0 Å². The second kappa shape index (κ2) is 9.19. The van der Waals surface area contributed by atoms with E-state index in [2.05, 4.69) is 24.5 Å². The van der Waals surface area contributed by atoms with Gasteiger partial charge in [0.15, 0.2) is 5.11 Å². The number of nitrogens with two attached hydrogens (primary N) is 1. The molecule has 1 aromatic rings. The molecule has 0 saturated carbocycles. The Morgan fingerprint density at radius 3 is 2.77 bits per heavy atom. The first-order chi connectivity index (χ1) is 10.5. The van der Waals surface area contributed by atoms with Crippen LogP contribution in [0.15, 0.2) is 18.2 Å². The molecule has 0 heterocycles. The van der Waals surface area contributed by atoms with Crippen LogP contribution in [0.5, 0.6) is 0 Å². The van der Waals surface area contributed by atoms with E-state index < -0.39 is 4.92 Å². The molecule has 122 valence electrons. The lowest BCUT2D eigenvalue weighted by Gasteiger charge is -2.17. The Hall–Kier alpha value is -1.89. The first kappa shape index (κ1) is 18.2. The van der Waals surface area contributed by atoms with Crippen molar-refractivity contribution in [2.24, 2.45) is 5.92 Å². The third-order valence-corrected chi connectivity index (χ3v) is 3.83. The number of nitro benzene ring substituents is 1. The molecule has 7 heteroatoms. The highest BCUT2D eigenvalue weighted by atomic mass is 32.1. The number of thiocarbonyl (C=S) groups is 1. The summed E-state index contributed by atoms with van der Waals surface area (Å²) >= 11 is 5.23. The van der Waals surface area contributed by atoms with Crippen LogP contribution < -0.4 is 16.4 Å². The number of nitrogen functional groups attached to an aromatic ring is 1. The molecule has 1 atom stereocenters. The second-order valence-electron chi connectivity index (χ2n) is 5.28. The molecule has 0 fully saturated rings. The summed E-state index contributed by atoms with van der Waals surface area (Å²) in [5, 5.41) is 17.5. The maximum absolute atomic E-state index is 10.9. The lowest BCUT2D eigenvalue weighted by molar-refractivity contribution is -0.383. The Labute approximate surface area is 136 Å². The predicted octanol–water partition coefficient (Wildman–Crippen LogP) is 3.68. The van der Waals surface area contributed by atoms with Gasteiger partial charge in [0.05, 0.1) is 4.92 Å². The molecule has 1 aromatic carbocycles. The van der Waals surface area contributed by atoms with Crippen molar-refractivity contribution >= 4 is 34.4 Å². The molecule has 0 aliphatic rings. The van der Waals surface area contributed by atoms with Crippen molar-refractivity contribution in [3.63, 3.8) is 0 Å². The average molecular weight is 324 g/mol. The van der Waals surface area contributed by atoms with Crippen molar-refractivity contribution in [3.8, 4) is 0 Å². The Morgan fingerprint density at radius 1 is 1.45 bits per heavy atom. The average Bonchev–Trinajstić information content (AvgIpc) is 2.49. The number of anilines is 2. The molecule has 0 saturated heterocycles. The molecule has 0 aliphatic carbocycles. The van der Waals surface area contributed by atoms with Gasteiger partial charge < -0.3 is 16.4 Å². The van der Waals surface area contributed by atoms with Crippen LogP contribution in [0.2, 0.25) is 0 Å². The van der Waals surface area contributed by atoms with E-state index in [0.717, 1.165) is 13.0 Å². The van der Waals surface area contributed by atoms with Crippen LogP contribution in [-0.2, 0) is 0 Å². The van der Waals surface area contributed by atoms with Gasteiger partial charge in [-0.2, -0.15) is 0 Å². The van der Waals surface area contributed by atoms with Crippen molar-refractivity contribution in [2.75, 3.05) is 17.6 Å². The van der Waals surface area contributed by atoms with Gasteiger partial charge >= 0.3 is 0 Å². The van der Waals surface area contributed by atoms with E-state index >= 15 is 0 Å². The summed E-state index contributed by atoms with van der Waals surface area (Å²) in [6, 6.07) is 4.56. The summed E-state index contributed by atoms with van der Waals surface area (Å²) in [6.45, 7) is 5.15. The third kappa shape index (κ3) is 5.85. The summed E-state index contributed by atoms with van der Waals surface area (Å²) in [4.78, 5) is 10.4. The first-order valence-electron chi connectivity index (χ1n) is 7.56. The van der Waals surface area contributed by atoms with E-state index in [9.17, 15) is 10.1 Å². The zero-order chi connectivity index (χ0) is 16.5. The lowest BCUT2D eigenvalue weighted by atomic mass is 9.99. The van der Waals surface area contributed by atoms with Gasteiger partial charge in [0.2, 0.25) is 0 Å². The van der Waals surface area contributed by atoms with E-state index in [1.54, 1.807) is 6.07 Å². The zero-order valence-electron chi connectivity index (χ0n) is 13.1. The molecule has 0 unspecified atom stereocenters. The molecule has 0 spiro atoms. The molecule has 0 amide bonds. The lowest BCUT2D eigenvalue weighted by Crippen LogP contribution is -2.32. The van der Waals surface area contributed by atoms with E-state index in [1.807, 2.05) is 0 Å². The number of unbranched alkanes of at least 4 members (excludes halogenated alkanes) is 1. The number of nitro groups is 1. The SMILES string of the molecule is CCCC[C@H](CC)CNC(=S)Nc1ccc(N)c([N+](=O)[O-])c1. The molecule has 6 nitrogen and oxygen atoms in total. The normalized spacial score (nSPS) is 11.7. The van der Waals surface area contributed by atoms with E-state index in [4.69, 9.17) is 18.0 Å². The fraction of sp³-hybridized carbons (Fsp3) is 0.533. The Bertz CT molecular complexity index is 522. The molecule has 22 heavy (non-hydrogen) atoms. The number of benzene rings is 1. The minimum absolute atomic E-state index is 0.123. The van der Waals surface area contributed by atoms with Crippen molar-refractivity contribution in [3.05, 3.63) is 28.3 Å². The summed E-state index contributed by atoms with van der Waals surface area (Å²) in [5.74, 6) is 0.584. The predicted molar refractivity (Wildman–Crippen MR) is 95.0 cm³/mol. The van der Waals surface area contributed by atoms with Gasteiger partial charge in [-0.3, -0.25) is 10.1 Å². The van der Waals surface area contributed by atoms with Crippen LogP contribution >= 0.6 is 12.2 Å². The molecule has 1 rings (SSSR count).